The van der Waals surface area contributed by atoms with Crippen LogP contribution in [0.4, 0.5) is 0 Å². The highest BCUT2D eigenvalue weighted by Crippen LogP contribution is 2.08. The average molecular weight is 334 g/mol. The fourth-order valence-electron chi connectivity index (χ4n) is 3.14. The average Bonchev–Trinajstić information content (AvgIpc) is 2.68. The van der Waals surface area contributed by atoms with Crippen molar-refractivity contribution in [3.05, 3.63) is 77.9 Å². The van der Waals surface area contributed by atoms with Crippen molar-refractivity contribution >= 4 is 12.0 Å². The first-order chi connectivity index (χ1) is 12.3. The Morgan fingerprint density at radius 2 is 1.52 bits per heavy atom. The molecule has 130 valence electrons. The van der Waals surface area contributed by atoms with E-state index in [2.05, 4.69) is 53.5 Å². The number of piperazine rings is 1. The molecule has 2 aromatic rings. The van der Waals surface area contributed by atoms with E-state index in [4.69, 9.17) is 0 Å². The van der Waals surface area contributed by atoms with Gasteiger partial charge in [-0.2, -0.15) is 0 Å². The van der Waals surface area contributed by atoms with Crippen LogP contribution in [-0.2, 0) is 11.2 Å². The lowest BCUT2D eigenvalue weighted by atomic mass is 10.1. The summed E-state index contributed by atoms with van der Waals surface area (Å²) in [6, 6.07) is 20.6. The second kappa shape index (κ2) is 9.19. The molecule has 0 aliphatic carbocycles. The van der Waals surface area contributed by atoms with Crippen molar-refractivity contribution in [2.45, 2.75) is 12.8 Å². The van der Waals surface area contributed by atoms with Gasteiger partial charge in [-0.3, -0.25) is 9.69 Å². The van der Waals surface area contributed by atoms with E-state index in [1.807, 2.05) is 29.2 Å². The highest BCUT2D eigenvalue weighted by Gasteiger charge is 2.19. The van der Waals surface area contributed by atoms with Gasteiger partial charge < -0.3 is 4.90 Å². The minimum absolute atomic E-state index is 0.281. The summed E-state index contributed by atoms with van der Waals surface area (Å²) in [5.41, 5.74) is 2.47. The molecule has 1 fully saturated rings. The summed E-state index contributed by atoms with van der Waals surface area (Å²) in [4.78, 5) is 16.8. The molecule has 0 spiro atoms. The third-order valence-corrected chi connectivity index (χ3v) is 4.67. The molecule has 3 heteroatoms. The Kier molecular flexibility index (Phi) is 6.41. The summed E-state index contributed by atoms with van der Waals surface area (Å²) in [7, 11) is 0. The van der Waals surface area contributed by atoms with Crippen LogP contribution in [0.1, 0.15) is 17.5 Å². The van der Waals surface area contributed by atoms with Gasteiger partial charge in [0, 0.05) is 39.1 Å². The molecule has 1 heterocycles. The Hall–Kier alpha value is -2.39. The summed E-state index contributed by atoms with van der Waals surface area (Å²) in [6.45, 7) is 4.53. The molecule has 1 aliphatic heterocycles. The third kappa shape index (κ3) is 5.57. The zero-order valence-electron chi connectivity index (χ0n) is 14.7. The molecular formula is C22H26N2O. The van der Waals surface area contributed by atoms with Crippen molar-refractivity contribution in [2.24, 2.45) is 0 Å². The Morgan fingerprint density at radius 1 is 0.880 bits per heavy atom. The van der Waals surface area contributed by atoms with Crippen molar-refractivity contribution in [1.29, 1.82) is 0 Å². The van der Waals surface area contributed by atoms with E-state index in [0.717, 1.165) is 39.1 Å². The van der Waals surface area contributed by atoms with Gasteiger partial charge in [-0.1, -0.05) is 72.8 Å². The van der Waals surface area contributed by atoms with Crippen LogP contribution in [0.3, 0.4) is 0 Å². The Morgan fingerprint density at radius 3 is 2.20 bits per heavy atom. The number of aryl methyl sites for hydroxylation is 1. The Labute approximate surface area is 150 Å². The van der Waals surface area contributed by atoms with Crippen molar-refractivity contribution in [2.75, 3.05) is 32.7 Å². The number of benzene rings is 2. The smallest absolute Gasteiger partial charge is 0.222 e. The Bertz CT molecular complexity index is 674. The van der Waals surface area contributed by atoms with Crippen molar-refractivity contribution in [3.8, 4) is 0 Å². The first-order valence-electron chi connectivity index (χ1n) is 9.07. The zero-order chi connectivity index (χ0) is 17.3. The van der Waals surface area contributed by atoms with Crippen LogP contribution in [0.15, 0.2) is 66.7 Å². The molecule has 3 nitrogen and oxygen atoms in total. The largest absolute Gasteiger partial charge is 0.340 e. The molecule has 0 bridgehead atoms. The molecule has 0 atom stereocenters. The number of amides is 1. The van der Waals surface area contributed by atoms with E-state index in [1.54, 1.807) is 0 Å². The molecule has 0 radical (unpaired) electrons. The fourth-order valence-corrected chi connectivity index (χ4v) is 3.14. The van der Waals surface area contributed by atoms with Crippen molar-refractivity contribution in [3.63, 3.8) is 0 Å². The number of hydrogen-bond donors (Lipinski definition) is 0. The van der Waals surface area contributed by atoms with Gasteiger partial charge in [0.2, 0.25) is 5.91 Å². The predicted molar refractivity (Wildman–Crippen MR) is 103 cm³/mol. The normalized spacial score (nSPS) is 15.6. The highest BCUT2D eigenvalue weighted by molar-refractivity contribution is 5.76. The van der Waals surface area contributed by atoms with E-state index in [1.165, 1.54) is 11.1 Å². The number of hydrogen-bond acceptors (Lipinski definition) is 2. The van der Waals surface area contributed by atoms with Crippen LogP contribution in [0.5, 0.6) is 0 Å². The van der Waals surface area contributed by atoms with Crippen LogP contribution in [0.2, 0.25) is 0 Å². The number of nitrogens with zero attached hydrogens (tertiary/aromatic N) is 2. The van der Waals surface area contributed by atoms with E-state index in [0.29, 0.717) is 6.42 Å². The lowest BCUT2D eigenvalue weighted by Gasteiger charge is -2.34. The summed E-state index contributed by atoms with van der Waals surface area (Å²) < 4.78 is 0. The third-order valence-electron chi connectivity index (χ3n) is 4.67. The van der Waals surface area contributed by atoms with Gasteiger partial charge in [0.15, 0.2) is 0 Å². The van der Waals surface area contributed by atoms with Crippen molar-refractivity contribution in [1.82, 2.24) is 9.80 Å². The second-order valence-corrected chi connectivity index (χ2v) is 6.48. The lowest BCUT2D eigenvalue weighted by molar-refractivity contribution is -0.132. The van der Waals surface area contributed by atoms with Crippen LogP contribution >= 0.6 is 0 Å². The number of carbonyl (C=O) groups is 1. The predicted octanol–water partition coefficient (Wildman–Crippen LogP) is 3.48. The van der Waals surface area contributed by atoms with Crippen LogP contribution in [0.25, 0.3) is 6.08 Å². The summed E-state index contributed by atoms with van der Waals surface area (Å²) in [5.74, 6) is 0.281. The van der Waals surface area contributed by atoms with Gasteiger partial charge in [-0.15, -0.1) is 0 Å². The maximum absolute atomic E-state index is 12.4. The summed E-state index contributed by atoms with van der Waals surface area (Å²) in [5, 5.41) is 0. The molecule has 1 amide bonds. The zero-order valence-corrected chi connectivity index (χ0v) is 14.7. The van der Waals surface area contributed by atoms with E-state index in [9.17, 15) is 4.79 Å². The van der Waals surface area contributed by atoms with Gasteiger partial charge in [0.05, 0.1) is 0 Å². The summed E-state index contributed by atoms with van der Waals surface area (Å²) >= 11 is 0. The lowest BCUT2D eigenvalue weighted by Crippen LogP contribution is -2.48. The van der Waals surface area contributed by atoms with Gasteiger partial charge in [0.1, 0.15) is 0 Å². The SMILES string of the molecule is O=C(CCc1ccccc1)N1CCN(C/C=C/c2ccccc2)CC1. The fraction of sp³-hybridized carbons (Fsp3) is 0.318. The molecule has 0 saturated carbocycles. The molecule has 25 heavy (non-hydrogen) atoms. The van der Waals surface area contributed by atoms with Gasteiger partial charge in [-0.25, -0.2) is 0 Å². The molecule has 1 aliphatic rings. The molecular weight excluding hydrogens is 308 g/mol. The molecule has 0 N–H and O–H groups in total. The Balaban J connectivity index is 1.38. The second-order valence-electron chi connectivity index (χ2n) is 6.48. The first-order valence-corrected chi connectivity index (χ1v) is 9.07. The molecule has 0 aromatic heterocycles. The number of carbonyl (C=O) groups excluding carboxylic acids is 1. The molecule has 0 unspecified atom stereocenters. The van der Waals surface area contributed by atoms with Crippen LogP contribution in [0, 0.1) is 0 Å². The van der Waals surface area contributed by atoms with E-state index in [-0.39, 0.29) is 5.91 Å². The molecule has 1 saturated heterocycles. The molecule has 2 aromatic carbocycles. The maximum atomic E-state index is 12.4. The van der Waals surface area contributed by atoms with E-state index >= 15 is 0 Å². The van der Waals surface area contributed by atoms with Crippen molar-refractivity contribution < 1.29 is 4.79 Å². The monoisotopic (exact) mass is 334 g/mol. The van der Waals surface area contributed by atoms with Gasteiger partial charge in [0.25, 0.3) is 0 Å². The van der Waals surface area contributed by atoms with Crippen LogP contribution < -0.4 is 0 Å². The first kappa shape index (κ1) is 17.4. The van der Waals surface area contributed by atoms with Gasteiger partial charge in [-0.05, 0) is 17.5 Å². The minimum Gasteiger partial charge on any atom is -0.340 e. The topological polar surface area (TPSA) is 23.6 Å². The maximum Gasteiger partial charge on any atom is 0.222 e. The summed E-state index contributed by atoms with van der Waals surface area (Å²) in [6.07, 6.45) is 5.82. The molecule has 3 rings (SSSR count). The standard InChI is InChI=1S/C22H26N2O/c25-22(14-13-21-10-5-2-6-11-21)24-18-16-23(17-19-24)15-7-12-20-8-3-1-4-9-20/h1-12H,13-19H2/b12-7+. The highest BCUT2D eigenvalue weighted by atomic mass is 16.2. The van der Waals surface area contributed by atoms with Crippen LogP contribution in [-0.4, -0.2) is 48.4 Å². The number of rotatable bonds is 6. The van der Waals surface area contributed by atoms with Gasteiger partial charge >= 0.3 is 0 Å². The quantitative estimate of drug-likeness (QED) is 0.807. The minimum atomic E-state index is 0.281. The van der Waals surface area contributed by atoms with E-state index < -0.39 is 0 Å².